The van der Waals surface area contributed by atoms with Crippen molar-refractivity contribution in [2.24, 2.45) is 0 Å². The van der Waals surface area contributed by atoms with E-state index in [4.69, 9.17) is 13.8 Å². The number of aromatic carboxylic acids is 1. The SMILES string of the molecule is C=C=C(CCCOCc1c(-c2ccccc2OC(F)(F)F)noc1C1CC1)c1nc(-c2cccc(C(=O)O)c2)no1. The maximum atomic E-state index is 13.0. The van der Waals surface area contributed by atoms with Gasteiger partial charge in [0.2, 0.25) is 5.82 Å². The molecule has 0 radical (unpaired) electrons. The fourth-order valence-corrected chi connectivity index (χ4v) is 4.27. The maximum Gasteiger partial charge on any atom is 0.573 e. The molecule has 0 aliphatic heterocycles. The topological polar surface area (TPSA) is 121 Å². The maximum absolute atomic E-state index is 13.0. The normalized spacial score (nSPS) is 13.1. The first-order valence-corrected chi connectivity index (χ1v) is 12.7. The Hall–Kier alpha value is -4.67. The lowest BCUT2D eigenvalue weighted by atomic mass is 10.0. The molecular formula is C29H24F3N3O6. The van der Waals surface area contributed by atoms with Crippen LogP contribution in [0.15, 0.2) is 69.9 Å². The summed E-state index contributed by atoms with van der Waals surface area (Å²) in [5.74, 6) is -0.235. The van der Waals surface area contributed by atoms with Gasteiger partial charge in [-0.15, -0.1) is 18.9 Å². The number of hydrogen-bond donors (Lipinski definition) is 1. The van der Waals surface area contributed by atoms with Crippen molar-refractivity contribution in [1.82, 2.24) is 15.3 Å². The standard InChI is InChI=1S/C29H24F3N3O6/c1-2-17(27-33-26(35-41-27)19-7-5-8-20(15-19)28(36)37)9-6-14-38-16-22-24(34-40-25(22)18-12-13-18)21-10-3-4-11-23(21)39-29(30,31)32/h3-5,7-8,10-11,15,18H,1,6,9,12-14,16H2,(H,36,37). The second kappa shape index (κ2) is 11.8. The van der Waals surface area contributed by atoms with Gasteiger partial charge < -0.3 is 23.6 Å². The number of nitrogens with zero attached hydrogens (tertiary/aromatic N) is 3. The van der Waals surface area contributed by atoms with E-state index < -0.39 is 12.3 Å². The Bertz CT molecular complexity index is 1600. The minimum absolute atomic E-state index is 0.0861. The van der Waals surface area contributed by atoms with Gasteiger partial charge in [-0.2, -0.15) is 4.98 Å². The molecule has 1 fully saturated rings. The number of halogens is 3. The molecule has 4 aromatic rings. The third kappa shape index (κ3) is 6.74. The first-order valence-electron chi connectivity index (χ1n) is 12.7. The number of carboxylic acid groups (broad SMARTS) is 1. The number of carboxylic acids is 1. The first-order chi connectivity index (χ1) is 19.7. The fourth-order valence-electron chi connectivity index (χ4n) is 4.27. The van der Waals surface area contributed by atoms with Gasteiger partial charge in [-0.05, 0) is 49.9 Å². The third-order valence-corrected chi connectivity index (χ3v) is 6.36. The van der Waals surface area contributed by atoms with Gasteiger partial charge in [0, 0.05) is 29.2 Å². The van der Waals surface area contributed by atoms with Gasteiger partial charge in [0.15, 0.2) is 0 Å². The average molecular weight is 568 g/mol. The number of allylic oxidation sites excluding steroid dienone is 1. The number of carbonyl (C=O) groups is 1. The average Bonchev–Trinajstić information content (AvgIpc) is 3.51. The molecule has 1 N–H and O–H groups in total. The van der Waals surface area contributed by atoms with E-state index in [1.807, 2.05) is 0 Å². The summed E-state index contributed by atoms with van der Waals surface area (Å²) in [6.45, 7) is 4.07. The summed E-state index contributed by atoms with van der Waals surface area (Å²) in [5, 5.41) is 17.2. The number of para-hydroxylation sites is 1. The molecule has 0 bridgehead atoms. The van der Waals surface area contributed by atoms with E-state index >= 15 is 0 Å². The molecule has 1 aliphatic rings. The number of ether oxygens (including phenoxy) is 2. The van der Waals surface area contributed by atoms with Crippen LogP contribution in [0.3, 0.4) is 0 Å². The zero-order chi connectivity index (χ0) is 29.0. The Morgan fingerprint density at radius 1 is 1.12 bits per heavy atom. The van der Waals surface area contributed by atoms with Crippen molar-refractivity contribution in [1.29, 1.82) is 0 Å². The lowest BCUT2D eigenvalue weighted by Crippen LogP contribution is -2.17. The van der Waals surface area contributed by atoms with E-state index in [1.165, 1.54) is 30.3 Å². The molecule has 0 unspecified atom stereocenters. The van der Waals surface area contributed by atoms with Gasteiger partial charge in [0.05, 0.1) is 17.7 Å². The Kier molecular flexibility index (Phi) is 8.04. The Balaban J connectivity index is 1.22. The fraction of sp³-hybridized carbons (Fsp3) is 0.276. The molecule has 5 rings (SSSR count). The van der Waals surface area contributed by atoms with Crippen molar-refractivity contribution in [3.05, 3.63) is 83.6 Å². The van der Waals surface area contributed by atoms with Crippen LogP contribution in [0, 0.1) is 0 Å². The van der Waals surface area contributed by atoms with E-state index in [0.29, 0.717) is 41.9 Å². The summed E-state index contributed by atoms with van der Waals surface area (Å²) in [5.41, 5.74) is 4.96. The van der Waals surface area contributed by atoms with Crippen LogP contribution in [0.1, 0.15) is 59.2 Å². The zero-order valence-electron chi connectivity index (χ0n) is 21.6. The molecule has 0 spiro atoms. The quantitative estimate of drug-likeness (QED) is 0.142. The highest BCUT2D eigenvalue weighted by molar-refractivity contribution is 5.89. The van der Waals surface area contributed by atoms with Crippen molar-refractivity contribution in [3.63, 3.8) is 0 Å². The molecule has 9 nitrogen and oxygen atoms in total. The van der Waals surface area contributed by atoms with E-state index in [1.54, 1.807) is 18.2 Å². The molecule has 0 amide bonds. The number of rotatable bonds is 12. The highest BCUT2D eigenvalue weighted by Gasteiger charge is 2.35. The van der Waals surface area contributed by atoms with Crippen LogP contribution < -0.4 is 4.74 Å². The van der Waals surface area contributed by atoms with Crippen molar-refractivity contribution < 1.29 is 41.6 Å². The molecule has 1 saturated carbocycles. The molecule has 0 atom stereocenters. The molecule has 2 aromatic carbocycles. The monoisotopic (exact) mass is 567 g/mol. The van der Waals surface area contributed by atoms with Gasteiger partial charge in [0.25, 0.3) is 5.89 Å². The summed E-state index contributed by atoms with van der Waals surface area (Å²) in [4.78, 5) is 15.6. The van der Waals surface area contributed by atoms with Crippen molar-refractivity contribution in [2.45, 2.75) is 44.6 Å². The van der Waals surface area contributed by atoms with Crippen molar-refractivity contribution in [3.8, 4) is 28.4 Å². The van der Waals surface area contributed by atoms with Crippen LogP contribution in [0.2, 0.25) is 0 Å². The molecule has 12 heteroatoms. The van der Waals surface area contributed by atoms with Gasteiger partial charge in [-0.1, -0.05) is 41.2 Å². The second-order valence-electron chi connectivity index (χ2n) is 9.31. The molecule has 41 heavy (non-hydrogen) atoms. The minimum Gasteiger partial charge on any atom is -0.478 e. The highest BCUT2D eigenvalue weighted by Crippen LogP contribution is 2.45. The van der Waals surface area contributed by atoms with Crippen LogP contribution >= 0.6 is 0 Å². The molecular weight excluding hydrogens is 543 g/mol. The molecule has 212 valence electrons. The summed E-state index contributed by atoms with van der Waals surface area (Å²) in [6, 6.07) is 12.0. The van der Waals surface area contributed by atoms with Crippen LogP contribution in [0.4, 0.5) is 13.2 Å². The predicted molar refractivity (Wildman–Crippen MR) is 139 cm³/mol. The van der Waals surface area contributed by atoms with E-state index in [-0.39, 0.29) is 46.8 Å². The van der Waals surface area contributed by atoms with Gasteiger partial charge >= 0.3 is 12.3 Å². The van der Waals surface area contributed by atoms with Gasteiger partial charge in [0.1, 0.15) is 17.2 Å². The van der Waals surface area contributed by atoms with Gasteiger partial charge in [-0.25, -0.2) is 4.79 Å². The second-order valence-corrected chi connectivity index (χ2v) is 9.31. The number of benzene rings is 2. The Morgan fingerprint density at radius 3 is 2.66 bits per heavy atom. The zero-order valence-corrected chi connectivity index (χ0v) is 21.6. The summed E-state index contributed by atoms with van der Waals surface area (Å²) >= 11 is 0. The highest BCUT2D eigenvalue weighted by atomic mass is 19.4. The molecule has 0 saturated heterocycles. The van der Waals surface area contributed by atoms with Crippen LogP contribution in [0.5, 0.6) is 5.75 Å². The summed E-state index contributed by atoms with van der Waals surface area (Å²) in [7, 11) is 0. The minimum atomic E-state index is -4.85. The lowest BCUT2D eigenvalue weighted by molar-refractivity contribution is -0.274. The summed E-state index contributed by atoms with van der Waals surface area (Å²) < 4.78 is 59.9. The number of alkyl halides is 3. The van der Waals surface area contributed by atoms with Crippen LogP contribution in [0.25, 0.3) is 28.2 Å². The third-order valence-electron chi connectivity index (χ3n) is 6.36. The van der Waals surface area contributed by atoms with E-state index in [2.05, 4.69) is 32.3 Å². The first kappa shape index (κ1) is 27.9. The van der Waals surface area contributed by atoms with E-state index in [0.717, 1.165) is 12.8 Å². The van der Waals surface area contributed by atoms with Crippen molar-refractivity contribution >= 4 is 11.5 Å². The molecule has 2 aromatic heterocycles. The summed E-state index contributed by atoms with van der Waals surface area (Å²) in [6.07, 6.45) is -2.08. The molecule has 1 aliphatic carbocycles. The van der Waals surface area contributed by atoms with Crippen LogP contribution in [-0.2, 0) is 11.3 Å². The number of aromatic nitrogens is 3. The largest absolute Gasteiger partial charge is 0.573 e. The van der Waals surface area contributed by atoms with Crippen LogP contribution in [-0.4, -0.2) is 39.3 Å². The lowest BCUT2D eigenvalue weighted by Gasteiger charge is -2.13. The van der Waals surface area contributed by atoms with Gasteiger partial charge in [-0.3, -0.25) is 0 Å². The van der Waals surface area contributed by atoms with E-state index in [9.17, 15) is 23.1 Å². The number of hydrogen-bond acceptors (Lipinski definition) is 8. The molecule has 2 heterocycles. The van der Waals surface area contributed by atoms with Crippen molar-refractivity contribution in [2.75, 3.05) is 6.61 Å². The smallest absolute Gasteiger partial charge is 0.478 e. The Morgan fingerprint density at radius 2 is 1.93 bits per heavy atom. The Labute approximate surface area is 231 Å². The predicted octanol–water partition coefficient (Wildman–Crippen LogP) is 7.03.